The smallest absolute Gasteiger partial charge is 0.0622 e. The van der Waals surface area contributed by atoms with Gasteiger partial charge >= 0.3 is 0 Å². The minimum absolute atomic E-state index is 0.0401. The molecule has 0 saturated heterocycles. The van der Waals surface area contributed by atoms with Crippen LogP contribution in [0.1, 0.15) is 29.5 Å². The van der Waals surface area contributed by atoms with E-state index in [1.807, 2.05) is 0 Å². The maximum Gasteiger partial charge on any atom is 0.0622 e. The van der Waals surface area contributed by atoms with Crippen LogP contribution in [0.25, 0.3) is 0 Å². The topological polar surface area (TPSA) is 40.5 Å². The normalized spacial score (nSPS) is 11.8. The van der Waals surface area contributed by atoms with Crippen LogP contribution < -0.4 is 0 Å². The fourth-order valence-electron chi connectivity index (χ4n) is 2.92. The average molecular weight is 346 g/mol. The van der Waals surface area contributed by atoms with Crippen molar-refractivity contribution in [1.82, 2.24) is 0 Å². The van der Waals surface area contributed by atoms with E-state index in [1.165, 1.54) is 11.1 Å². The molecule has 0 heterocycles. The van der Waals surface area contributed by atoms with Crippen molar-refractivity contribution in [2.75, 3.05) is 25.5 Å². The Bertz CT molecular complexity index is 488. The Morgan fingerprint density at radius 1 is 0.739 bits per heavy atom. The van der Waals surface area contributed by atoms with Gasteiger partial charge in [0, 0.05) is 18.8 Å². The summed E-state index contributed by atoms with van der Waals surface area (Å²) in [5, 5.41) is 18.4. The fraction of sp³-hybridized carbons (Fsp3) is 0.368. The predicted octanol–water partition coefficient (Wildman–Crippen LogP) is 3.11. The second-order valence-electron chi connectivity index (χ2n) is 5.83. The SMILES string of the molecule is OCCCP(CCCO)[SiH2]C(c1ccccc1)c1ccccc1. The van der Waals surface area contributed by atoms with Crippen LogP contribution in [0.15, 0.2) is 60.7 Å². The van der Waals surface area contributed by atoms with Crippen molar-refractivity contribution in [3.63, 3.8) is 0 Å². The molecule has 2 aromatic carbocycles. The Labute approximate surface area is 143 Å². The molecule has 0 aliphatic heterocycles. The molecule has 0 aromatic heterocycles. The molecule has 124 valence electrons. The Kier molecular flexibility index (Phi) is 8.55. The van der Waals surface area contributed by atoms with Crippen molar-refractivity contribution in [3.05, 3.63) is 71.8 Å². The first-order valence-corrected chi connectivity index (χ1v) is 13.0. The van der Waals surface area contributed by atoms with Crippen LogP contribution in [-0.4, -0.2) is 44.9 Å². The molecule has 0 spiro atoms. The Balaban J connectivity index is 2.18. The van der Waals surface area contributed by atoms with E-state index >= 15 is 0 Å². The van der Waals surface area contributed by atoms with E-state index in [0.717, 1.165) is 25.2 Å². The zero-order chi connectivity index (χ0) is 16.3. The van der Waals surface area contributed by atoms with E-state index in [1.54, 1.807) is 0 Å². The van der Waals surface area contributed by atoms with Crippen molar-refractivity contribution in [1.29, 1.82) is 0 Å². The Morgan fingerprint density at radius 2 is 1.17 bits per heavy atom. The monoisotopic (exact) mass is 346 g/mol. The zero-order valence-corrected chi connectivity index (χ0v) is 16.0. The van der Waals surface area contributed by atoms with E-state index in [-0.39, 0.29) is 29.9 Å². The van der Waals surface area contributed by atoms with Crippen molar-refractivity contribution in [2.45, 2.75) is 18.4 Å². The quantitative estimate of drug-likeness (QED) is 0.513. The van der Waals surface area contributed by atoms with Gasteiger partial charge in [-0.1, -0.05) is 60.7 Å². The summed E-state index contributed by atoms with van der Waals surface area (Å²) in [4.78, 5) is 0. The van der Waals surface area contributed by atoms with Gasteiger partial charge in [-0.3, -0.25) is 0 Å². The molecule has 0 aliphatic rings. The standard InChI is InChI=1S/C19H27O2PSi/c20-13-7-15-22(16-8-14-21)23-19(17-9-3-1-4-10-17)18-11-5-2-6-12-18/h1-6,9-12,19-21H,7-8,13-16,23H2. The van der Waals surface area contributed by atoms with Crippen LogP contribution in [0.4, 0.5) is 0 Å². The molecule has 0 amide bonds. The summed E-state index contributed by atoms with van der Waals surface area (Å²) in [5.41, 5.74) is 3.39. The second kappa shape index (κ2) is 10.7. The van der Waals surface area contributed by atoms with Crippen LogP contribution in [0.5, 0.6) is 0 Å². The van der Waals surface area contributed by atoms with Gasteiger partial charge in [0.2, 0.25) is 0 Å². The molecule has 2 nitrogen and oxygen atoms in total. The first-order chi connectivity index (χ1) is 11.3. The van der Waals surface area contributed by atoms with Gasteiger partial charge in [0.15, 0.2) is 0 Å². The molecule has 23 heavy (non-hydrogen) atoms. The van der Waals surface area contributed by atoms with Crippen LogP contribution in [-0.2, 0) is 0 Å². The summed E-state index contributed by atoms with van der Waals surface area (Å²) in [5.74, 6) is 0. The summed E-state index contributed by atoms with van der Waals surface area (Å²) in [7, 11) is -0.395. The Morgan fingerprint density at radius 3 is 1.57 bits per heavy atom. The third-order valence-electron chi connectivity index (χ3n) is 4.11. The lowest BCUT2D eigenvalue weighted by Gasteiger charge is -2.24. The second-order valence-corrected chi connectivity index (χ2v) is 13.0. The molecule has 0 unspecified atom stereocenters. The van der Waals surface area contributed by atoms with Gasteiger partial charge in [-0.25, -0.2) is 0 Å². The first kappa shape index (κ1) is 18.3. The highest BCUT2D eigenvalue weighted by atomic mass is 31.4. The van der Waals surface area contributed by atoms with Crippen molar-refractivity contribution < 1.29 is 10.2 Å². The molecule has 4 heteroatoms. The summed E-state index contributed by atoms with van der Waals surface area (Å²) < 4.78 is 0. The van der Waals surface area contributed by atoms with Gasteiger partial charge in [-0.15, -0.1) is 7.47 Å². The molecule has 0 bridgehead atoms. The first-order valence-electron chi connectivity index (χ1n) is 8.39. The molecule has 0 atom stereocenters. The highest BCUT2D eigenvalue weighted by Gasteiger charge is 2.19. The molecule has 0 radical (unpaired) electrons. The van der Waals surface area contributed by atoms with Gasteiger partial charge < -0.3 is 10.2 Å². The summed E-state index contributed by atoms with van der Waals surface area (Å²) in [6, 6.07) is 21.7. The number of aliphatic hydroxyl groups is 2. The molecular formula is C19H27O2PSi. The lowest BCUT2D eigenvalue weighted by atomic mass is 10.0. The minimum Gasteiger partial charge on any atom is -0.396 e. The summed E-state index contributed by atoms with van der Waals surface area (Å²) >= 11 is 0. The van der Waals surface area contributed by atoms with Gasteiger partial charge in [0.05, 0.1) is 9.19 Å². The predicted molar refractivity (Wildman–Crippen MR) is 103 cm³/mol. The number of hydrogen-bond acceptors (Lipinski definition) is 2. The van der Waals surface area contributed by atoms with E-state index in [2.05, 4.69) is 60.7 Å². The van der Waals surface area contributed by atoms with Gasteiger partial charge in [0.25, 0.3) is 0 Å². The molecular weight excluding hydrogens is 319 g/mol. The highest BCUT2D eigenvalue weighted by molar-refractivity contribution is 7.86. The van der Waals surface area contributed by atoms with Crippen LogP contribution >= 0.6 is 7.47 Å². The van der Waals surface area contributed by atoms with Crippen LogP contribution in [0.2, 0.25) is 0 Å². The minimum atomic E-state index is -0.355. The molecule has 2 N–H and O–H groups in total. The van der Waals surface area contributed by atoms with Crippen molar-refractivity contribution in [2.24, 2.45) is 0 Å². The maximum absolute atomic E-state index is 9.19. The fourth-order valence-corrected chi connectivity index (χ4v) is 11.4. The van der Waals surface area contributed by atoms with Crippen LogP contribution in [0.3, 0.4) is 0 Å². The van der Waals surface area contributed by atoms with E-state index < -0.39 is 0 Å². The van der Waals surface area contributed by atoms with Crippen molar-refractivity contribution in [3.8, 4) is 0 Å². The largest absolute Gasteiger partial charge is 0.396 e. The highest BCUT2D eigenvalue weighted by Crippen LogP contribution is 2.41. The third kappa shape index (κ3) is 6.19. The van der Waals surface area contributed by atoms with E-state index in [4.69, 9.17) is 0 Å². The average Bonchev–Trinajstić information content (AvgIpc) is 2.62. The summed E-state index contributed by atoms with van der Waals surface area (Å²) in [6.45, 7) is 0.571. The number of aliphatic hydroxyl groups excluding tert-OH is 2. The number of hydrogen-bond donors (Lipinski definition) is 2. The number of rotatable bonds is 10. The van der Waals surface area contributed by atoms with Gasteiger partial charge in [-0.05, 0) is 36.3 Å². The summed E-state index contributed by atoms with van der Waals surface area (Å²) in [6.07, 6.45) is 4.10. The molecule has 2 aromatic rings. The molecule has 2 rings (SSSR count). The van der Waals surface area contributed by atoms with E-state index in [9.17, 15) is 10.2 Å². The number of benzene rings is 2. The third-order valence-corrected chi connectivity index (χ3v) is 12.4. The van der Waals surface area contributed by atoms with Crippen molar-refractivity contribution >= 4 is 16.7 Å². The molecule has 0 fully saturated rings. The lowest BCUT2D eigenvalue weighted by Crippen LogP contribution is -2.12. The van der Waals surface area contributed by atoms with Gasteiger partial charge in [0.1, 0.15) is 0 Å². The Hall–Kier alpha value is -0.993. The van der Waals surface area contributed by atoms with E-state index in [0.29, 0.717) is 5.54 Å². The van der Waals surface area contributed by atoms with Crippen LogP contribution in [0, 0.1) is 0 Å². The maximum atomic E-state index is 9.19. The van der Waals surface area contributed by atoms with Gasteiger partial charge in [-0.2, -0.15) is 0 Å². The molecule has 0 aliphatic carbocycles. The molecule has 0 saturated carbocycles. The lowest BCUT2D eigenvalue weighted by molar-refractivity contribution is 0.294. The zero-order valence-electron chi connectivity index (χ0n) is 13.6.